The predicted molar refractivity (Wildman–Crippen MR) is 122 cm³/mol. The number of likely N-dealkylation sites (N-methyl/N-ethyl adjacent to an activating group) is 1. The van der Waals surface area contributed by atoms with E-state index < -0.39 is 0 Å². The monoisotopic (exact) mass is 412 g/mol. The van der Waals surface area contributed by atoms with Crippen LogP contribution in [0.15, 0.2) is 60.8 Å². The highest BCUT2D eigenvalue weighted by Gasteiger charge is 2.33. The molecule has 3 aromatic carbocycles. The van der Waals surface area contributed by atoms with E-state index in [1.54, 1.807) is 11.9 Å². The first-order chi connectivity index (χ1) is 15.0. The number of benzene rings is 3. The second kappa shape index (κ2) is 7.54. The minimum Gasteiger partial charge on any atom is -0.357 e. The van der Waals surface area contributed by atoms with E-state index in [1.165, 1.54) is 0 Å². The van der Waals surface area contributed by atoms with E-state index in [9.17, 15) is 9.59 Å². The average Bonchev–Trinajstić information content (AvgIpc) is 3.44. The van der Waals surface area contributed by atoms with Gasteiger partial charge in [0.1, 0.15) is 6.04 Å². The lowest BCUT2D eigenvalue weighted by Gasteiger charge is -2.23. The molecule has 2 amide bonds. The molecule has 6 heteroatoms. The molecule has 4 aromatic rings. The zero-order valence-electron chi connectivity index (χ0n) is 17.6. The SMILES string of the molecule is CNC(=O)[C@H]1CCCN1C(=O)c1ccc2cc(-c3ccc4cnn(C)c4c3)ccc2c1. The molecule has 2 heterocycles. The number of nitrogens with zero attached hydrogens (tertiary/aromatic N) is 3. The smallest absolute Gasteiger partial charge is 0.254 e. The molecule has 0 aliphatic carbocycles. The molecule has 0 bridgehead atoms. The third-order valence-electron chi connectivity index (χ3n) is 6.23. The lowest BCUT2D eigenvalue weighted by atomic mass is 9.99. The van der Waals surface area contributed by atoms with E-state index in [0.717, 1.165) is 39.2 Å². The molecule has 31 heavy (non-hydrogen) atoms. The van der Waals surface area contributed by atoms with Gasteiger partial charge in [-0.2, -0.15) is 5.10 Å². The first-order valence-corrected chi connectivity index (χ1v) is 10.5. The standard InChI is InChI=1S/C25H24N4O2/c1-26-24(30)22-4-3-11-29(22)25(31)20-9-7-16-12-17(5-6-18(16)13-20)19-8-10-21-15-27-28(2)23(21)14-19/h5-10,12-15,22H,3-4,11H2,1-2H3,(H,26,30)/t22-/m1/s1. The summed E-state index contributed by atoms with van der Waals surface area (Å²) in [6.45, 7) is 0.615. The Morgan fingerprint density at radius 3 is 2.48 bits per heavy atom. The van der Waals surface area contributed by atoms with Crippen LogP contribution in [0.5, 0.6) is 0 Å². The summed E-state index contributed by atoms with van der Waals surface area (Å²) in [5.74, 6) is -0.180. The van der Waals surface area contributed by atoms with Crippen LogP contribution in [-0.4, -0.2) is 46.1 Å². The summed E-state index contributed by atoms with van der Waals surface area (Å²) in [4.78, 5) is 26.9. The molecule has 0 spiro atoms. The second-order valence-electron chi connectivity index (χ2n) is 8.09. The van der Waals surface area contributed by atoms with Crippen LogP contribution < -0.4 is 5.32 Å². The molecule has 5 rings (SSSR count). The van der Waals surface area contributed by atoms with Crippen molar-refractivity contribution in [3.8, 4) is 11.1 Å². The molecule has 1 atom stereocenters. The second-order valence-corrected chi connectivity index (χ2v) is 8.09. The summed E-state index contributed by atoms with van der Waals surface area (Å²) >= 11 is 0. The molecule has 1 aromatic heterocycles. The van der Waals surface area contributed by atoms with Crippen LogP contribution in [0, 0.1) is 0 Å². The fraction of sp³-hybridized carbons (Fsp3) is 0.240. The number of nitrogens with one attached hydrogen (secondary N) is 1. The third-order valence-corrected chi connectivity index (χ3v) is 6.23. The first kappa shape index (κ1) is 19.3. The quantitative estimate of drug-likeness (QED) is 0.557. The molecule has 0 radical (unpaired) electrons. The van der Waals surface area contributed by atoms with Crippen LogP contribution in [0.2, 0.25) is 0 Å². The van der Waals surface area contributed by atoms with Crippen molar-refractivity contribution >= 4 is 33.5 Å². The van der Waals surface area contributed by atoms with Gasteiger partial charge in [0.25, 0.3) is 5.91 Å². The number of amides is 2. The fourth-order valence-electron chi connectivity index (χ4n) is 4.50. The number of likely N-dealkylation sites (tertiary alicyclic amines) is 1. The number of carbonyl (C=O) groups is 2. The van der Waals surface area contributed by atoms with Crippen molar-refractivity contribution in [3.63, 3.8) is 0 Å². The van der Waals surface area contributed by atoms with Gasteiger partial charge in [-0.05, 0) is 59.0 Å². The lowest BCUT2D eigenvalue weighted by molar-refractivity contribution is -0.124. The molecule has 0 saturated carbocycles. The molecular weight excluding hydrogens is 388 g/mol. The van der Waals surface area contributed by atoms with Gasteiger partial charge in [-0.15, -0.1) is 0 Å². The van der Waals surface area contributed by atoms with Crippen molar-refractivity contribution in [1.29, 1.82) is 0 Å². The maximum absolute atomic E-state index is 13.1. The molecule has 1 N–H and O–H groups in total. The zero-order valence-corrected chi connectivity index (χ0v) is 17.6. The number of rotatable bonds is 3. The van der Waals surface area contributed by atoms with Crippen LogP contribution in [0.4, 0.5) is 0 Å². The zero-order chi connectivity index (χ0) is 21.5. The Labute approximate surface area is 180 Å². The van der Waals surface area contributed by atoms with E-state index in [-0.39, 0.29) is 17.9 Å². The summed E-state index contributed by atoms with van der Waals surface area (Å²) in [7, 11) is 3.56. The molecular formula is C25H24N4O2. The van der Waals surface area contributed by atoms with Gasteiger partial charge in [-0.25, -0.2) is 0 Å². The minimum absolute atomic E-state index is 0.0845. The first-order valence-electron chi connectivity index (χ1n) is 10.5. The predicted octanol–water partition coefficient (Wildman–Crippen LogP) is 3.74. The Morgan fingerprint density at radius 2 is 1.68 bits per heavy atom. The van der Waals surface area contributed by atoms with Crippen molar-refractivity contribution in [2.24, 2.45) is 7.05 Å². The molecule has 1 aliphatic heterocycles. The van der Waals surface area contributed by atoms with Crippen LogP contribution >= 0.6 is 0 Å². The van der Waals surface area contributed by atoms with Crippen molar-refractivity contribution in [2.75, 3.05) is 13.6 Å². The number of carbonyl (C=O) groups excluding carboxylic acids is 2. The van der Waals surface area contributed by atoms with Gasteiger partial charge in [0, 0.05) is 31.6 Å². The van der Waals surface area contributed by atoms with Crippen LogP contribution in [0.25, 0.3) is 32.8 Å². The highest BCUT2D eigenvalue weighted by Crippen LogP contribution is 2.29. The van der Waals surface area contributed by atoms with Crippen LogP contribution in [-0.2, 0) is 11.8 Å². The average molecular weight is 412 g/mol. The van der Waals surface area contributed by atoms with Gasteiger partial charge in [0.15, 0.2) is 0 Å². The topological polar surface area (TPSA) is 67.2 Å². The minimum atomic E-state index is -0.377. The molecule has 6 nitrogen and oxygen atoms in total. The third kappa shape index (κ3) is 3.34. The van der Waals surface area contributed by atoms with Gasteiger partial charge >= 0.3 is 0 Å². The van der Waals surface area contributed by atoms with E-state index in [1.807, 2.05) is 36.1 Å². The van der Waals surface area contributed by atoms with Crippen LogP contribution in [0.3, 0.4) is 0 Å². The summed E-state index contributed by atoms with van der Waals surface area (Å²) in [5, 5.41) is 10.2. The van der Waals surface area contributed by atoms with Crippen LogP contribution in [0.1, 0.15) is 23.2 Å². The largest absolute Gasteiger partial charge is 0.357 e. The summed E-state index contributed by atoms with van der Waals surface area (Å²) < 4.78 is 1.88. The number of fused-ring (bicyclic) bond motifs is 2. The van der Waals surface area contributed by atoms with Gasteiger partial charge in [0.05, 0.1) is 11.7 Å². The normalized spacial score (nSPS) is 16.2. The van der Waals surface area contributed by atoms with Crippen molar-refractivity contribution in [3.05, 3.63) is 66.4 Å². The molecule has 1 aliphatic rings. The Hall–Kier alpha value is -3.67. The number of hydrogen-bond donors (Lipinski definition) is 1. The fourth-order valence-corrected chi connectivity index (χ4v) is 4.50. The molecule has 1 fully saturated rings. The van der Waals surface area contributed by atoms with Gasteiger partial charge in [0.2, 0.25) is 5.91 Å². The Kier molecular flexibility index (Phi) is 4.70. The summed E-state index contributed by atoms with van der Waals surface area (Å²) in [6, 6.07) is 18.0. The molecule has 0 unspecified atom stereocenters. The van der Waals surface area contributed by atoms with E-state index in [0.29, 0.717) is 18.5 Å². The van der Waals surface area contributed by atoms with Gasteiger partial charge in [-0.3, -0.25) is 14.3 Å². The van der Waals surface area contributed by atoms with E-state index in [2.05, 4.69) is 46.8 Å². The Bertz CT molecular complexity index is 1320. The maximum atomic E-state index is 13.1. The van der Waals surface area contributed by atoms with Crippen molar-refractivity contribution < 1.29 is 9.59 Å². The Balaban J connectivity index is 1.46. The van der Waals surface area contributed by atoms with Crippen molar-refractivity contribution in [2.45, 2.75) is 18.9 Å². The molecule has 156 valence electrons. The summed E-state index contributed by atoms with van der Waals surface area (Å²) in [5.41, 5.74) is 3.96. The highest BCUT2D eigenvalue weighted by molar-refractivity contribution is 6.01. The number of hydrogen-bond acceptors (Lipinski definition) is 3. The number of aryl methyl sites for hydroxylation is 1. The van der Waals surface area contributed by atoms with Gasteiger partial charge in [-0.1, -0.05) is 30.3 Å². The van der Waals surface area contributed by atoms with E-state index >= 15 is 0 Å². The lowest BCUT2D eigenvalue weighted by Crippen LogP contribution is -2.44. The molecule has 1 saturated heterocycles. The van der Waals surface area contributed by atoms with Gasteiger partial charge < -0.3 is 10.2 Å². The van der Waals surface area contributed by atoms with E-state index in [4.69, 9.17) is 0 Å². The maximum Gasteiger partial charge on any atom is 0.254 e. The summed E-state index contributed by atoms with van der Waals surface area (Å²) in [6.07, 6.45) is 3.43. The van der Waals surface area contributed by atoms with Crippen molar-refractivity contribution in [1.82, 2.24) is 20.0 Å². The number of aromatic nitrogens is 2. The highest BCUT2D eigenvalue weighted by atomic mass is 16.2. The Morgan fingerprint density at radius 1 is 0.968 bits per heavy atom.